The van der Waals surface area contributed by atoms with Gasteiger partial charge in [0.1, 0.15) is 0 Å². The Labute approximate surface area is 95.2 Å². The van der Waals surface area contributed by atoms with Gasteiger partial charge in [-0.05, 0) is 32.9 Å². The molecule has 0 aromatic carbocycles. The third kappa shape index (κ3) is 1.38. The van der Waals surface area contributed by atoms with E-state index in [2.05, 4.69) is 27.4 Å². The van der Waals surface area contributed by atoms with Crippen LogP contribution >= 0.6 is 0 Å². The summed E-state index contributed by atoms with van der Waals surface area (Å²) in [6.45, 7) is 6.16. The minimum atomic E-state index is 0.0910. The molecule has 5 heteroatoms. The van der Waals surface area contributed by atoms with Crippen molar-refractivity contribution in [3.63, 3.8) is 0 Å². The number of rotatable bonds is 1. The SMILES string of the molecule is Cc1noc([C@]23CCN(C)C[C@H]2CNC3)n1. The van der Waals surface area contributed by atoms with Crippen molar-refractivity contribution in [3.8, 4) is 0 Å². The number of nitrogens with one attached hydrogen (secondary N) is 1. The molecule has 0 saturated carbocycles. The van der Waals surface area contributed by atoms with Gasteiger partial charge >= 0.3 is 0 Å². The maximum Gasteiger partial charge on any atom is 0.234 e. The fraction of sp³-hybridized carbons (Fsp3) is 0.818. The fourth-order valence-corrected chi connectivity index (χ4v) is 3.06. The van der Waals surface area contributed by atoms with Gasteiger partial charge in [-0.3, -0.25) is 0 Å². The van der Waals surface area contributed by atoms with Crippen LogP contribution in [0.1, 0.15) is 18.1 Å². The molecule has 2 aliphatic rings. The normalized spacial score (nSPS) is 35.2. The van der Waals surface area contributed by atoms with Crippen LogP contribution in [0.2, 0.25) is 0 Å². The average molecular weight is 222 g/mol. The molecule has 0 aliphatic carbocycles. The number of hydrogen-bond acceptors (Lipinski definition) is 5. The van der Waals surface area contributed by atoms with Crippen LogP contribution in [-0.4, -0.2) is 48.3 Å². The maximum atomic E-state index is 5.42. The summed E-state index contributed by atoms with van der Waals surface area (Å²) >= 11 is 0. The fourth-order valence-electron chi connectivity index (χ4n) is 3.06. The van der Waals surface area contributed by atoms with Gasteiger partial charge in [0.2, 0.25) is 5.89 Å². The molecule has 0 radical (unpaired) electrons. The minimum absolute atomic E-state index is 0.0910. The number of aromatic nitrogens is 2. The van der Waals surface area contributed by atoms with E-state index in [9.17, 15) is 0 Å². The van der Waals surface area contributed by atoms with Crippen LogP contribution in [0.15, 0.2) is 4.52 Å². The summed E-state index contributed by atoms with van der Waals surface area (Å²) < 4.78 is 5.42. The van der Waals surface area contributed by atoms with E-state index in [1.54, 1.807) is 0 Å². The molecule has 16 heavy (non-hydrogen) atoms. The lowest BCUT2D eigenvalue weighted by atomic mass is 9.72. The zero-order valence-corrected chi connectivity index (χ0v) is 9.86. The molecule has 1 N–H and O–H groups in total. The van der Waals surface area contributed by atoms with Crippen LogP contribution in [-0.2, 0) is 5.41 Å². The quantitative estimate of drug-likeness (QED) is 0.734. The Balaban J connectivity index is 1.96. The molecule has 3 heterocycles. The molecule has 0 bridgehead atoms. The Kier molecular flexibility index (Phi) is 2.26. The largest absolute Gasteiger partial charge is 0.339 e. The van der Waals surface area contributed by atoms with Crippen LogP contribution in [0.25, 0.3) is 0 Å². The number of nitrogens with zero attached hydrogens (tertiary/aromatic N) is 3. The third-order valence-electron chi connectivity index (χ3n) is 4.04. The molecule has 2 aliphatic heterocycles. The van der Waals surface area contributed by atoms with Crippen LogP contribution < -0.4 is 5.32 Å². The molecule has 88 valence electrons. The second kappa shape index (κ2) is 3.53. The molecular weight excluding hydrogens is 204 g/mol. The second-order valence-electron chi connectivity index (χ2n) is 5.14. The van der Waals surface area contributed by atoms with Crippen molar-refractivity contribution < 1.29 is 4.52 Å². The number of fused-ring (bicyclic) bond motifs is 1. The van der Waals surface area contributed by atoms with E-state index in [4.69, 9.17) is 4.52 Å². The smallest absolute Gasteiger partial charge is 0.234 e. The van der Waals surface area contributed by atoms with E-state index in [1.807, 2.05) is 6.92 Å². The van der Waals surface area contributed by atoms with Crippen LogP contribution in [0.3, 0.4) is 0 Å². The summed E-state index contributed by atoms with van der Waals surface area (Å²) in [5.41, 5.74) is 0.0910. The van der Waals surface area contributed by atoms with Crippen molar-refractivity contribution in [2.24, 2.45) is 5.92 Å². The van der Waals surface area contributed by atoms with Crippen molar-refractivity contribution >= 4 is 0 Å². The van der Waals surface area contributed by atoms with Gasteiger partial charge in [-0.25, -0.2) is 0 Å². The molecule has 0 spiro atoms. The highest BCUT2D eigenvalue weighted by Crippen LogP contribution is 2.40. The molecule has 1 aromatic rings. The molecule has 2 fully saturated rings. The predicted octanol–water partition coefficient (Wildman–Crippen LogP) is 0.171. The van der Waals surface area contributed by atoms with Crippen molar-refractivity contribution in [1.82, 2.24) is 20.4 Å². The Morgan fingerprint density at radius 1 is 1.56 bits per heavy atom. The molecule has 0 unspecified atom stereocenters. The van der Waals surface area contributed by atoms with Gasteiger partial charge in [-0.2, -0.15) is 4.98 Å². The van der Waals surface area contributed by atoms with Crippen molar-refractivity contribution in [3.05, 3.63) is 11.7 Å². The van der Waals surface area contributed by atoms with Crippen LogP contribution in [0.4, 0.5) is 0 Å². The highest BCUT2D eigenvalue weighted by molar-refractivity contribution is 5.16. The maximum absolute atomic E-state index is 5.42. The van der Waals surface area contributed by atoms with Gasteiger partial charge in [0.05, 0.1) is 5.41 Å². The number of hydrogen-bond donors (Lipinski definition) is 1. The molecular formula is C11H18N4O. The van der Waals surface area contributed by atoms with E-state index in [0.717, 1.165) is 44.3 Å². The van der Waals surface area contributed by atoms with Crippen LogP contribution in [0, 0.1) is 12.8 Å². The average Bonchev–Trinajstić information content (AvgIpc) is 2.84. The van der Waals surface area contributed by atoms with Crippen molar-refractivity contribution in [1.29, 1.82) is 0 Å². The highest BCUT2D eigenvalue weighted by Gasteiger charge is 2.50. The number of likely N-dealkylation sites (tertiary alicyclic amines) is 1. The van der Waals surface area contributed by atoms with E-state index in [0.29, 0.717) is 5.92 Å². The van der Waals surface area contributed by atoms with Gasteiger partial charge in [-0.15, -0.1) is 0 Å². The zero-order valence-electron chi connectivity index (χ0n) is 9.86. The van der Waals surface area contributed by atoms with E-state index in [1.165, 1.54) is 0 Å². The summed E-state index contributed by atoms with van der Waals surface area (Å²) in [6.07, 6.45) is 1.11. The van der Waals surface area contributed by atoms with Crippen molar-refractivity contribution in [2.45, 2.75) is 18.8 Å². The molecule has 1 aromatic heterocycles. The Morgan fingerprint density at radius 2 is 2.44 bits per heavy atom. The second-order valence-corrected chi connectivity index (χ2v) is 5.14. The minimum Gasteiger partial charge on any atom is -0.339 e. The van der Waals surface area contributed by atoms with E-state index >= 15 is 0 Å². The lowest BCUT2D eigenvalue weighted by Crippen LogP contribution is -2.48. The third-order valence-corrected chi connectivity index (χ3v) is 4.04. The van der Waals surface area contributed by atoms with Gasteiger partial charge in [0, 0.05) is 19.6 Å². The number of piperidine rings is 1. The number of aryl methyl sites for hydroxylation is 1. The summed E-state index contributed by atoms with van der Waals surface area (Å²) in [7, 11) is 2.18. The van der Waals surface area contributed by atoms with Gasteiger partial charge in [0.15, 0.2) is 5.82 Å². The van der Waals surface area contributed by atoms with Gasteiger partial charge in [-0.1, -0.05) is 5.16 Å². The Hall–Kier alpha value is -0.940. The summed E-state index contributed by atoms with van der Waals surface area (Å²) in [4.78, 5) is 6.84. The molecule has 2 saturated heterocycles. The monoisotopic (exact) mass is 222 g/mol. The van der Waals surface area contributed by atoms with E-state index < -0.39 is 0 Å². The Bertz CT molecular complexity index is 391. The predicted molar refractivity (Wildman–Crippen MR) is 59.2 cm³/mol. The summed E-state index contributed by atoms with van der Waals surface area (Å²) in [5, 5.41) is 7.42. The summed E-state index contributed by atoms with van der Waals surface area (Å²) in [5.74, 6) is 2.19. The Morgan fingerprint density at radius 3 is 3.19 bits per heavy atom. The van der Waals surface area contributed by atoms with E-state index in [-0.39, 0.29) is 5.41 Å². The highest BCUT2D eigenvalue weighted by atomic mass is 16.5. The summed E-state index contributed by atoms with van der Waals surface area (Å²) in [6, 6.07) is 0. The zero-order chi connectivity index (χ0) is 11.2. The molecule has 3 rings (SSSR count). The van der Waals surface area contributed by atoms with Crippen molar-refractivity contribution in [2.75, 3.05) is 33.2 Å². The first-order chi connectivity index (χ1) is 7.71. The van der Waals surface area contributed by atoms with Gasteiger partial charge in [0.25, 0.3) is 0 Å². The lowest BCUT2D eigenvalue weighted by molar-refractivity contribution is 0.118. The molecule has 5 nitrogen and oxygen atoms in total. The van der Waals surface area contributed by atoms with Gasteiger partial charge < -0.3 is 14.7 Å². The molecule has 0 amide bonds. The lowest BCUT2D eigenvalue weighted by Gasteiger charge is -2.39. The molecule has 2 atom stereocenters. The topological polar surface area (TPSA) is 54.2 Å². The first-order valence-corrected chi connectivity index (χ1v) is 5.91. The standard InChI is InChI=1S/C11H18N4O/c1-8-13-10(16-14-8)11-3-4-15(2)6-9(11)5-12-7-11/h9,12H,3-7H2,1-2H3/t9-,11+/m1/s1. The first-order valence-electron chi connectivity index (χ1n) is 5.91. The first kappa shape index (κ1) is 10.2. The van der Waals surface area contributed by atoms with Crippen LogP contribution in [0.5, 0.6) is 0 Å².